The Bertz CT molecular complexity index is 1050. The monoisotopic (exact) mass is 451 g/mol. The number of benzene rings is 2. The van der Waals surface area contributed by atoms with Crippen molar-refractivity contribution < 1.29 is 29.0 Å². The molecule has 33 heavy (non-hydrogen) atoms. The first-order chi connectivity index (χ1) is 15.9. The molecule has 4 rings (SSSR count). The van der Waals surface area contributed by atoms with E-state index in [4.69, 9.17) is 9.84 Å². The summed E-state index contributed by atoms with van der Waals surface area (Å²) in [5, 5.41) is 15.9. The fraction of sp³-hybridized carbons (Fsp3) is 0.333. The number of carbonyl (C=O) groups excluding carboxylic acids is 3. The number of fused-ring (bicyclic) bond motifs is 3. The number of carboxylic acid groups (broad SMARTS) is 1. The SMILES string of the molecule is O=C(O)CNC(=O)CNC(=O)C1(CNC(=O)OCC2c3ccccc3-c3ccccc32)CC1. The Kier molecular flexibility index (Phi) is 6.30. The van der Waals surface area contributed by atoms with Crippen LogP contribution in [-0.4, -0.2) is 55.2 Å². The molecule has 9 heteroatoms. The minimum Gasteiger partial charge on any atom is -0.480 e. The van der Waals surface area contributed by atoms with E-state index in [1.54, 1.807) is 0 Å². The molecule has 0 radical (unpaired) electrons. The van der Waals surface area contributed by atoms with Gasteiger partial charge in [-0.3, -0.25) is 14.4 Å². The third-order valence-electron chi connectivity index (χ3n) is 6.10. The summed E-state index contributed by atoms with van der Waals surface area (Å²) in [7, 11) is 0. The van der Waals surface area contributed by atoms with Crippen molar-refractivity contribution in [2.75, 3.05) is 26.2 Å². The van der Waals surface area contributed by atoms with E-state index in [0.717, 1.165) is 22.3 Å². The number of ether oxygens (including phenoxy) is 1. The standard InChI is InChI=1S/C24H25N3O6/c28-20(25-12-21(29)30)11-26-22(31)24(9-10-24)14-27-23(32)33-13-19-17-7-3-1-5-15(17)16-6-2-4-8-18(16)19/h1-8,19H,9-14H2,(H,25,28)(H,26,31)(H,27,32)(H,29,30). The van der Waals surface area contributed by atoms with Gasteiger partial charge in [0.1, 0.15) is 13.2 Å². The highest BCUT2D eigenvalue weighted by Crippen LogP contribution is 2.46. The topological polar surface area (TPSA) is 134 Å². The molecule has 4 N–H and O–H groups in total. The first-order valence-electron chi connectivity index (χ1n) is 10.8. The summed E-state index contributed by atoms with van der Waals surface area (Å²) < 4.78 is 5.49. The number of amides is 3. The van der Waals surface area contributed by atoms with Crippen molar-refractivity contribution in [3.05, 3.63) is 59.7 Å². The molecule has 0 spiro atoms. The minimum absolute atomic E-state index is 0.0503. The molecule has 9 nitrogen and oxygen atoms in total. The molecule has 0 saturated heterocycles. The van der Waals surface area contributed by atoms with E-state index >= 15 is 0 Å². The normalized spacial score (nSPS) is 15.0. The van der Waals surface area contributed by atoms with Gasteiger partial charge in [0.25, 0.3) is 0 Å². The van der Waals surface area contributed by atoms with E-state index in [1.807, 2.05) is 36.4 Å². The number of nitrogens with one attached hydrogen (secondary N) is 3. The zero-order valence-electron chi connectivity index (χ0n) is 17.9. The predicted octanol–water partition coefficient (Wildman–Crippen LogP) is 1.62. The summed E-state index contributed by atoms with van der Waals surface area (Å²) >= 11 is 0. The Hall–Kier alpha value is -3.88. The lowest BCUT2D eigenvalue weighted by atomic mass is 9.98. The van der Waals surface area contributed by atoms with Crippen LogP contribution in [0.15, 0.2) is 48.5 Å². The molecule has 0 aliphatic heterocycles. The van der Waals surface area contributed by atoms with Gasteiger partial charge in [0, 0.05) is 12.5 Å². The van der Waals surface area contributed by atoms with Crippen molar-refractivity contribution in [3.8, 4) is 11.1 Å². The average Bonchev–Trinajstić information content (AvgIpc) is 3.55. The molecule has 2 aliphatic carbocycles. The Morgan fingerprint density at radius 2 is 1.48 bits per heavy atom. The molecule has 172 valence electrons. The molecule has 0 bridgehead atoms. The van der Waals surface area contributed by atoms with Crippen LogP contribution in [0.25, 0.3) is 11.1 Å². The number of carbonyl (C=O) groups is 4. The lowest BCUT2D eigenvalue weighted by molar-refractivity contribution is -0.137. The second kappa shape index (κ2) is 9.32. The van der Waals surface area contributed by atoms with Crippen molar-refractivity contribution >= 4 is 23.9 Å². The van der Waals surface area contributed by atoms with Gasteiger partial charge in [-0.15, -0.1) is 0 Å². The van der Waals surface area contributed by atoms with Gasteiger partial charge in [-0.1, -0.05) is 48.5 Å². The van der Waals surface area contributed by atoms with Gasteiger partial charge in [-0.05, 0) is 35.1 Å². The molecule has 1 fully saturated rings. The van der Waals surface area contributed by atoms with Crippen LogP contribution >= 0.6 is 0 Å². The minimum atomic E-state index is -1.17. The van der Waals surface area contributed by atoms with Gasteiger partial charge in [-0.25, -0.2) is 4.79 Å². The Morgan fingerprint density at radius 1 is 0.879 bits per heavy atom. The Morgan fingerprint density at radius 3 is 2.06 bits per heavy atom. The molecule has 0 heterocycles. The number of carboxylic acids is 1. The van der Waals surface area contributed by atoms with E-state index in [9.17, 15) is 19.2 Å². The molecule has 0 atom stereocenters. The maximum Gasteiger partial charge on any atom is 0.407 e. The summed E-state index contributed by atoms with van der Waals surface area (Å²) in [6.45, 7) is -0.545. The van der Waals surface area contributed by atoms with E-state index < -0.39 is 29.9 Å². The van der Waals surface area contributed by atoms with Crippen LogP contribution in [0.3, 0.4) is 0 Å². The highest BCUT2D eigenvalue weighted by atomic mass is 16.5. The summed E-state index contributed by atoms with van der Waals surface area (Å²) in [5.41, 5.74) is 3.75. The maximum absolute atomic E-state index is 12.4. The van der Waals surface area contributed by atoms with Gasteiger partial charge in [0.15, 0.2) is 0 Å². The summed E-state index contributed by atoms with van der Waals surface area (Å²) in [5.74, 6) is -2.16. The zero-order chi connectivity index (χ0) is 23.4. The van der Waals surface area contributed by atoms with Gasteiger partial charge in [-0.2, -0.15) is 0 Å². The summed E-state index contributed by atoms with van der Waals surface area (Å²) in [6, 6.07) is 16.1. The van der Waals surface area contributed by atoms with Crippen molar-refractivity contribution in [1.29, 1.82) is 0 Å². The number of alkyl carbamates (subject to hydrolysis) is 1. The van der Waals surface area contributed by atoms with E-state index in [1.165, 1.54) is 0 Å². The lowest BCUT2D eigenvalue weighted by Crippen LogP contribution is -2.44. The lowest BCUT2D eigenvalue weighted by Gasteiger charge is -2.17. The van der Waals surface area contributed by atoms with Gasteiger partial charge < -0.3 is 25.8 Å². The molecule has 1 saturated carbocycles. The first-order valence-corrected chi connectivity index (χ1v) is 10.8. The van der Waals surface area contributed by atoms with Crippen LogP contribution in [0, 0.1) is 5.41 Å². The zero-order valence-corrected chi connectivity index (χ0v) is 17.9. The highest BCUT2D eigenvalue weighted by Gasteiger charge is 2.50. The van der Waals surface area contributed by atoms with Crippen LogP contribution < -0.4 is 16.0 Å². The summed E-state index contributed by atoms with van der Waals surface area (Å²) in [4.78, 5) is 46.8. The molecule has 2 aromatic rings. The van der Waals surface area contributed by atoms with Crippen LogP contribution in [0.2, 0.25) is 0 Å². The third-order valence-corrected chi connectivity index (χ3v) is 6.10. The van der Waals surface area contributed by atoms with Crippen LogP contribution in [-0.2, 0) is 19.1 Å². The first kappa shape index (κ1) is 22.3. The molecule has 3 amide bonds. The van der Waals surface area contributed by atoms with E-state index in [2.05, 4.69) is 28.1 Å². The summed E-state index contributed by atoms with van der Waals surface area (Å²) in [6.07, 6.45) is 0.563. The molecule has 0 unspecified atom stereocenters. The Labute approximate surface area is 190 Å². The molecule has 2 aliphatic rings. The number of hydrogen-bond donors (Lipinski definition) is 4. The van der Waals surface area contributed by atoms with Gasteiger partial charge in [0.2, 0.25) is 11.8 Å². The smallest absolute Gasteiger partial charge is 0.407 e. The fourth-order valence-electron chi connectivity index (χ4n) is 4.11. The number of hydrogen-bond acceptors (Lipinski definition) is 5. The fourth-order valence-corrected chi connectivity index (χ4v) is 4.11. The predicted molar refractivity (Wildman–Crippen MR) is 118 cm³/mol. The van der Waals surface area contributed by atoms with E-state index in [-0.39, 0.29) is 31.5 Å². The van der Waals surface area contributed by atoms with Gasteiger partial charge in [0.05, 0.1) is 12.0 Å². The molecule has 2 aromatic carbocycles. The van der Waals surface area contributed by atoms with Crippen molar-refractivity contribution in [2.45, 2.75) is 18.8 Å². The molecular formula is C24H25N3O6. The molecular weight excluding hydrogens is 426 g/mol. The average molecular weight is 451 g/mol. The number of rotatable bonds is 9. The third kappa shape index (κ3) is 4.97. The van der Waals surface area contributed by atoms with E-state index in [0.29, 0.717) is 12.8 Å². The Balaban J connectivity index is 1.26. The van der Waals surface area contributed by atoms with Crippen molar-refractivity contribution in [2.24, 2.45) is 5.41 Å². The second-order valence-electron chi connectivity index (χ2n) is 8.31. The molecule has 0 aromatic heterocycles. The number of aliphatic carboxylic acids is 1. The largest absolute Gasteiger partial charge is 0.480 e. The van der Waals surface area contributed by atoms with Crippen LogP contribution in [0.4, 0.5) is 4.79 Å². The van der Waals surface area contributed by atoms with Crippen molar-refractivity contribution in [3.63, 3.8) is 0 Å². The highest BCUT2D eigenvalue weighted by molar-refractivity contribution is 5.91. The maximum atomic E-state index is 12.4. The second-order valence-corrected chi connectivity index (χ2v) is 8.31. The quantitative estimate of drug-likeness (QED) is 0.458. The van der Waals surface area contributed by atoms with Crippen LogP contribution in [0.5, 0.6) is 0 Å². The van der Waals surface area contributed by atoms with Crippen molar-refractivity contribution in [1.82, 2.24) is 16.0 Å². The van der Waals surface area contributed by atoms with Gasteiger partial charge >= 0.3 is 12.1 Å². The van der Waals surface area contributed by atoms with Crippen LogP contribution in [0.1, 0.15) is 29.9 Å².